The second-order valence-electron chi connectivity index (χ2n) is 13.8. The number of rotatable bonds is 37. The summed E-state index contributed by atoms with van der Waals surface area (Å²) in [5.74, 6) is -1.14. The molecular weight excluding hydrogens is 697 g/mol. The van der Waals surface area contributed by atoms with E-state index >= 15 is 0 Å². The van der Waals surface area contributed by atoms with Crippen molar-refractivity contribution in [3.63, 3.8) is 0 Å². The van der Waals surface area contributed by atoms with Gasteiger partial charge in [-0.25, -0.2) is 0 Å². The van der Waals surface area contributed by atoms with Crippen molar-refractivity contribution in [3.8, 4) is 0 Å². The number of hydrogen-bond donors (Lipinski definition) is 0. The number of ether oxygens (including phenoxy) is 3. The molecule has 0 bridgehead atoms. The topological polar surface area (TPSA) is 78.9 Å². The quantitative estimate of drug-likeness (QED) is 0.0271. The Labute approximate surface area is 342 Å². The van der Waals surface area contributed by atoms with Gasteiger partial charge in [-0.2, -0.15) is 0 Å². The first kappa shape index (κ1) is 52.1. The summed E-state index contributed by atoms with van der Waals surface area (Å²) in [5, 5.41) is 0. The van der Waals surface area contributed by atoms with Gasteiger partial charge in [0.2, 0.25) is 0 Å². The largest absolute Gasteiger partial charge is 0.462 e. The highest BCUT2D eigenvalue weighted by molar-refractivity contribution is 5.72. The molecule has 0 aliphatic rings. The zero-order chi connectivity index (χ0) is 40.8. The number of hydrogen-bond acceptors (Lipinski definition) is 6. The van der Waals surface area contributed by atoms with Crippen LogP contribution in [0, 0.1) is 0 Å². The van der Waals surface area contributed by atoms with Crippen LogP contribution in [0.2, 0.25) is 0 Å². The van der Waals surface area contributed by atoms with Crippen LogP contribution in [0.5, 0.6) is 0 Å². The van der Waals surface area contributed by atoms with Crippen molar-refractivity contribution in [2.75, 3.05) is 13.2 Å². The highest BCUT2D eigenvalue weighted by atomic mass is 16.6. The molecule has 0 fully saturated rings. The molecule has 0 aromatic heterocycles. The number of unbranched alkanes of at least 4 members (excludes halogenated alkanes) is 9. The van der Waals surface area contributed by atoms with Gasteiger partial charge >= 0.3 is 17.9 Å². The second-order valence-corrected chi connectivity index (χ2v) is 13.8. The number of allylic oxidation sites excluding steroid dienone is 17. The van der Waals surface area contributed by atoms with E-state index < -0.39 is 12.1 Å². The van der Waals surface area contributed by atoms with Crippen LogP contribution >= 0.6 is 0 Å². The first-order valence-corrected chi connectivity index (χ1v) is 21.9. The molecule has 314 valence electrons. The molecule has 0 radical (unpaired) electrons. The Morgan fingerprint density at radius 2 is 0.786 bits per heavy atom. The molecule has 0 spiro atoms. The van der Waals surface area contributed by atoms with Gasteiger partial charge in [0.25, 0.3) is 0 Å². The zero-order valence-corrected chi connectivity index (χ0v) is 35.6. The van der Waals surface area contributed by atoms with Gasteiger partial charge in [-0.15, -0.1) is 0 Å². The molecule has 0 aliphatic heterocycles. The minimum atomic E-state index is -0.839. The maximum absolute atomic E-state index is 12.7. The van der Waals surface area contributed by atoms with Crippen molar-refractivity contribution in [3.05, 3.63) is 109 Å². The van der Waals surface area contributed by atoms with Gasteiger partial charge in [-0.3, -0.25) is 14.4 Å². The minimum Gasteiger partial charge on any atom is -0.462 e. The molecule has 0 saturated heterocycles. The maximum Gasteiger partial charge on any atom is 0.309 e. The zero-order valence-electron chi connectivity index (χ0n) is 35.6. The molecule has 0 amide bonds. The lowest BCUT2D eigenvalue weighted by molar-refractivity contribution is -0.166. The monoisotopic (exact) mass is 775 g/mol. The first-order chi connectivity index (χ1) is 27.5. The maximum atomic E-state index is 12.7. The van der Waals surface area contributed by atoms with E-state index in [1.807, 2.05) is 6.08 Å². The molecule has 1 unspecified atom stereocenters. The van der Waals surface area contributed by atoms with Crippen LogP contribution < -0.4 is 0 Å². The van der Waals surface area contributed by atoms with E-state index in [9.17, 15) is 14.4 Å². The third kappa shape index (κ3) is 41.2. The Kier molecular flexibility index (Phi) is 40.7. The first-order valence-electron chi connectivity index (χ1n) is 21.9. The lowest BCUT2D eigenvalue weighted by Crippen LogP contribution is -2.30. The number of carbonyl (C=O) groups is 3. The average molecular weight is 775 g/mol. The lowest BCUT2D eigenvalue weighted by Gasteiger charge is -2.18. The minimum absolute atomic E-state index is 0.120. The molecule has 0 N–H and O–H groups in total. The fraction of sp³-hybridized carbons (Fsp3) is 0.580. The molecule has 0 saturated carbocycles. The van der Waals surface area contributed by atoms with E-state index in [-0.39, 0.29) is 44.4 Å². The van der Waals surface area contributed by atoms with Crippen LogP contribution in [0.4, 0.5) is 0 Å². The number of esters is 3. The molecule has 56 heavy (non-hydrogen) atoms. The summed E-state index contributed by atoms with van der Waals surface area (Å²) < 4.78 is 16.5. The molecule has 6 nitrogen and oxygen atoms in total. The fourth-order valence-corrected chi connectivity index (χ4v) is 5.29. The van der Waals surface area contributed by atoms with Crippen molar-refractivity contribution in [1.82, 2.24) is 0 Å². The van der Waals surface area contributed by atoms with Crippen molar-refractivity contribution >= 4 is 17.9 Å². The van der Waals surface area contributed by atoms with E-state index in [4.69, 9.17) is 14.2 Å². The van der Waals surface area contributed by atoms with Gasteiger partial charge in [0.15, 0.2) is 6.10 Å². The van der Waals surface area contributed by atoms with E-state index in [2.05, 4.69) is 118 Å². The fourth-order valence-electron chi connectivity index (χ4n) is 5.29. The summed E-state index contributed by atoms with van der Waals surface area (Å²) in [5.41, 5.74) is 0. The van der Waals surface area contributed by atoms with Crippen LogP contribution in [0.3, 0.4) is 0 Å². The predicted molar refractivity (Wildman–Crippen MR) is 237 cm³/mol. The molecule has 6 heteroatoms. The molecule has 0 heterocycles. The normalized spacial score (nSPS) is 13.1. The Bertz CT molecular complexity index is 1210. The van der Waals surface area contributed by atoms with Crippen LogP contribution in [0.15, 0.2) is 109 Å². The summed E-state index contributed by atoms with van der Waals surface area (Å²) in [7, 11) is 0. The van der Waals surface area contributed by atoms with Crippen molar-refractivity contribution in [1.29, 1.82) is 0 Å². The lowest BCUT2D eigenvalue weighted by atomic mass is 10.1. The summed E-state index contributed by atoms with van der Waals surface area (Å²) in [4.78, 5) is 37.5. The van der Waals surface area contributed by atoms with Crippen LogP contribution in [-0.2, 0) is 28.6 Å². The Hall–Kier alpha value is -3.93. The van der Waals surface area contributed by atoms with E-state index in [0.29, 0.717) is 6.42 Å². The van der Waals surface area contributed by atoms with E-state index in [1.54, 1.807) is 6.08 Å². The van der Waals surface area contributed by atoms with Gasteiger partial charge in [0.05, 0.1) is 6.42 Å². The molecule has 0 aliphatic carbocycles. The van der Waals surface area contributed by atoms with Gasteiger partial charge < -0.3 is 14.2 Å². The molecule has 0 rings (SSSR count). The molecule has 0 aromatic rings. The van der Waals surface area contributed by atoms with Crippen molar-refractivity contribution < 1.29 is 28.6 Å². The smallest absolute Gasteiger partial charge is 0.309 e. The van der Waals surface area contributed by atoms with Gasteiger partial charge in [-0.1, -0.05) is 162 Å². The summed E-state index contributed by atoms with van der Waals surface area (Å²) >= 11 is 0. The van der Waals surface area contributed by atoms with Crippen molar-refractivity contribution in [2.24, 2.45) is 0 Å². The Morgan fingerprint density at radius 3 is 1.32 bits per heavy atom. The third-order valence-corrected chi connectivity index (χ3v) is 8.53. The number of carbonyl (C=O) groups excluding carboxylic acids is 3. The SMILES string of the molecule is CC/C=C\C/C=C\C/C=C\C/C=C\C/C=C\CCCC(=O)OCC(COC(=O)C/C=C\C/C=C\C/C=C\CC)OC(=O)CCCCCCC/C=C\CCCCC. The van der Waals surface area contributed by atoms with E-state index in [1.165, 1.54) is 32.1 Å². The second kappa shape index (κ2) is 43.8. The highest BCUT2D eigenvalue weighted by Crippen LogP contribution is 2.11. The molecule has 0 aromatic carbocycles. The summed E-state index contributed by atoms with van der Waals surface area (Å²) in [6, 6.07) is 0. The summed E-state index contributed by atoms with van der Waals surface area (Å²) in [6.07, 6.45) is 58.3. The Morgan fingerprint density at radius 1 is 0.393 bits per heavy atom. The third-order valence-electron chi connectivity index (χ3n) is 8.53. The average Bonchev–Trinajstić information content (AvgIpc) is 3.19. The predicted octanol–water partition coefficient (Wildman–Crippen LogP) is 14.0. The highest BCUT2D eigenvalue weighted by Gasteiger charge is 2.19. The van der Waals surface area contributed by atoms with Crippen LogP contribution in [0.1, 0.15) is 168 Å². The van der Waals surface area contributed by atoms with Crippen LogP contribution in [0.25, 0.3) is 0 Å². The summed E-state index contributed by atoms with van der Waals surface area (Å²) in [6.45, 7) is 6.18. The van der Waals surface area contributed by atoms with Gasteiger partial charge in [0.1, 0.15) is 13.2 Å². The van der Waals surface area contributed by atoms with Crippen LogP contribution in [-0.4, -0.2) is 37.2 Å². The standard InChI is InChI=1S/C50H78O6/c1-4-7-10-13-16-19-21-23-24-25-26-27-29-31-34-37-40-43-49(52)55-46-47(45-54-48(51)42-39-36-33-30-18-15-12-9-6-3)56-50(53)44-41-38-35-32-28-22-20-17-14-11-8-5-2/h7,9-10,12,16-20,23-24,26-27,30-31,34,36,39,47H,4-6,8,11,13-15,21-22,25,28-29,32-33,35,37-38,40-46H2,1-3H3/b10-7-,12-9-,19-16-,20-17-,24-23-,27-26-,30-18-,34-31-,39-36-. The van der Waals surface area contributed by atoms with E-state index in [0.717, 1.165) is 89.9 Å². The van der Waals surface area contributed by atoms with Gasteiger partial charge in [0, 0.05) is 12.8 Å². The Balaban J connectivity index is 4.55. The molecule has 1 atom stereocenters. The van der Waals surface area contributed by atoms with Gasteiger partial charge in [-0.05, 0) is 96.3 Å². The molecular formula is C50H78O6. The van der Waals surface area contributed by atoms with Crippen molar-refractivity contribution in [2.45, 2.75) is 175 Å².